The van der Waals surface area contributed by atoms with Crippen molar-refractivity contribution < 1.29 is 4.92 Å². The third kappa shape index (κ3) is 9.18. The molecule has 0 spiro atoms. The lowest BCUT2D eigenvalue weighted by Gasteiger charge is -2.05. The Hall–Kier alpha value is -1.63. The monoisotopic (exact) mass is 355 g/mol. The Morgan fingerprint density at radius 3 is 3.09 bits per heavy atom. The van der Waals surface area contributed by atoms with Gasteiger partial charge < -0.3 is 10.2 Å². The summed E-state index contributed by atoms with van der Waals surface area (Å²) in [6, 6.07) is 0. The quantitative estimate of drug-likeness (QED) is 0.170. The Bertz CT molecular complexity index is 566. The van der Waals surface area contributed by atoms with E-state index in [4.69, 9.17) is 6.42 Å². The van der Waals surface area contributed by atoms with Gasteiger partial charge in [0.1, 0.15) is 5.01 Å². The van der Waals surface area contributed by atoms with E-state index in [-0.39, 0.29) is 13.1 Å². The highest BCUT2D eigenvalue weighted by Crippen LogP contribution is 2.17. The molecule has 9 heteroatoms. The minimum absolute atomic E-state index is 0.244. The number of nitrogens with one attached hydrogen (secondary N) is 1. The van der Waals surface area contributed by atoms with Gasteiger partial charge in [-0.15, -0.1) is 17.8 Å². The molecular formula is C14H21N5O2S2. The Kier molecular flexibility index (Phi) is 9.28. The van der Waals surface area contributed by atoms with E-state index < -0.39 is 4.92 Å². The summed E-state index contributed by atoms with van der Waals surface area (Å²) in [6.45, 7) is 1.28. The van der Waals surface area contributed by atoms with Crippen molar-refractivity contribution in [3.05, 3.63) is 26.2 Å². The second-order valence-electron chi connectivity index (χ2n) is 4.90. The van der Waals surface area contributed by atoms with E-state index in [1.165, 1.54) is 0 Å². The van der Waals surface area contributed by atoms with Crippen LogP contribution in [0.4, 0.5) is 0 Å². The first-order chi connectivity index (χ1) is 11.0. The summed E-state index contributed by atoms with van der Waals surface area (Å²) in [5.41, 5.74) is 1.08. The molecule has 126 valence electrons. The molecule has 0 fully saturated rings. The summed E-state index contributed by atoms with van der Waals surface area (Å²) >= 11 is 3.37. The average molecular weight is 355 g/mol. The predicted octanol–water partition coefficient (Wildman–Crippen LogP) is 1.34. The van der Waals surface area contributed by atoms with E-state index in [1.807, 2.05) is 14.1 Å². The largest absolute Gasteiger partial charge is 0.357 e. The highest BCUT2D eigenvalue weighted by atomic mass is 32.2. The number of amidine groups is 1. The zero-order valence-electron chi connectivity index (χ0n) is 13.3. The zero-order chi connectivity index (χ0) is 17.1. The van der Waals surface area contributed by atoms with Crippen LogP contribution in [0.25, 0.3) is 0 Å². The standard InChI is InChI=1S/C14H21N5O2S2/c1-4-5-15-13(9-19(20)21)16-6-7-22-11-14-17-12(10-23-14)8-18(2)3/h1,10H,5-9,11H2,2-3H3,(H,15,16). The van der Waals surface area contributed by atoms with E-state index in [0.717, 1.165) is 28.8 Å². The van der Waals surface area contributed by atoms with Gasteiger partial charge in [0.2, 0.25) is 0 Å². The zero-order valence-corrected chi connectivity index (χ0v) is 15.0. The van der Waals surface area contributed by atoms with Crippen molar-refractivity contribution in [2.24, 2.45) is 4.99 Å². The highest BCUT2D eigenvalue weighted by molar-refractivity contribution is 7.98. The molecule has 0 saturated carbocycles. The minimum atomic E-state index is -0.419. The van der Waals surface area contributed by atoms with Gasteiger partial charge in [-0.3, -0.25) is 15.1 Å². The van der Waals surface area contributed by atoms with Crippen molar-refractivity contribution in [1.29, 1.82) is 0 Å². The summed E-state index contributed by atoms with van der Waals surface area (Å²) < 4.78 is 0. The second-order valence-corrected chi connectivity index (χ2v) is 6.95. The van der Waals surface area contributed by atoms with E-state index in [9.17, 15) is 10.1 Å². The molecule has 1 rings (SSSR count). The smallest absolute Gasteiger partial charge is 0.259 e. The lowest BCUT2D eigenvalue weighted by molar-refractivity contribution is -0.463. The van der Waals surface area contributed by atoms with Gasteiger partial charge in [0.05, 0.1) is 18.8 Å². The normalized spacial score (nSPS) is 11.5. The van der Waals surface area contributed by atoms with E-state index in [2.05, 4.69) is 31.5 Å². The average Bonchev–Trinajstić information content (AvgIpc) is 2.90. The number of aliphatic imine (C=N–C) groups is 1. The van der Waals surface area contributed by atoms with Crippen LogP contribution in [0.3, 0.4) is 0 Å². The molecule has 7 nitrogen and oxygen atoms in total. The molecule has 0 amide bonds. The van der Waals surface area contributed by atoms with Gasteiger partial charge in [-0.1, -0.05) is 5.92 Å². The first kappa shape index (κ1) is 19.4. The van der Waals surface area contributed by atoms with Crippen molar-refractivity contribution in [1.82, 2.24) is 15.2 Å². The maximum Gasteiger partial charge on any atom is 0.259 e. The summed E-state index contributed by atoms with van der Waals surface area (Å²) in [5, 5.41) is 16.5. The number of aromatic nitrogens is 1. The first-order valence-electron chi connectivity index (χ1n) is 6.99. The Morgan fingerprint density at radius 2 is 2.43 bits per heavy atom. The number of hydrogen-bond donors (Lipinski definition) is 1. The number of terminal acetylenes is 1. The van der Waals surface area contributed by atoms with Gasteiger partial charge in [-0.05, 0) is 14.1 Å². The molecule has 0 aliphatic rings. The highest BCUT2D eigenvalue weighted by Gasteiger charge is 2.06. The van der Waals surface area contributed by atoms with Crippen LogP contribution < -0.4 is 5.32 Å². The van der Waals surface area contributed by atoms with Crippen LogP contribution in [0.5, 0.6) is 0 Å². The molecule has 0 aliphatic carbocycles. The molecular weight excluding hydrogens is 334 g/mol. The SMILES string of the molecule is C#CCNC(C[N+](=O)[O-])=NCCSCc1nc(CN(C)C)cs1. The molecule has 1 N–H and O–H groups in total. The van der Waals surface area contributed by atoms with E-state index in [0.29, 0.717) is 12.4 Å². The van der Waals surface area contributed by atoms with Gasteiger partial charge in [0.25, 0.3) is 6.54 Å². The van der Waals surface area contributed by atoms with Crippen LogP contribution in [-0.2, 0) is 12.3 Å². The van der Waals surface area contributed by atoms with Crippen molar-refractivity contribution in [3.63, 3.8) is 0 Å². The van der Waals surface area contributed by atoms with Crippen LogP contribution in [-0.4, -0.2) is 60.1 Å². The topological polar surface area (TPSA) is 83.7 Å². The van der Waals surface area contributed by atoms with Gasteiger partial charge in [-0.2, -0.15) is 11.8 Å². The number of thiazole rings is 1. The Labute approximate surface area is 144 Å². The van der Waals surface area contributed by atoms with Crippen LogP contribution in [0.15, 0.2) is 10.4 Å². The molecule has 0 atom stereocenters. The van der Waals surface area contributed by atoms with Gasteiger partial charge >= 0.3 is 0 Å². The third-order valence-corrected chi connectivity index (χ3v) is 4.54. The molecule has 0 aromatic carbocycles. The lowest BCUT2D eigenvalue weighted by atomic mass is 10.5. The molecule has 0 radical (unpaired) electrons. The van der Waals surface area contributed by atoms with Crippen LogP contribution in [0, 0.1) is 22.5 Å². The first-order valence-corrected chi connectivity index (χ1v) is 9.03. The lowest BCUT2D eigenvalue weighted by Crippen LogP contribution is -2.31. The third-order valence-electron chi connectivity index (χ3n) is 2.51. The fourth-order valence-corrected chi connectivity index (χ4v) is 3.35. The van der Waals surface area contributed by atoms with E-state index in [1.54, 1.807) is 23.1 Å². The number of nitrogens with zero attached hydrogens (tertiary/aromatic N) is 4. The summed E-state index contributed by atoms with van der Waals surface area (Å²) in [6.07, 6.45) is 5.13. The molecule has 1 heterocycles. The maximum absolute atomic E-state index is 10.5. The minimum Gasteiger partial charge on any atom is -0.357 e. The van der Waals surface area contributed by atoms with Crippen LogP contribution in [0.1, 0.15) is 10.7 Å². The number of hydrogen-bond acceptors (Lipinski definition) is 7. The molecule has 0 saturated heterocycles. The molecule has 23 heavy (non-hydrogen) atoms. The van der Waals surface area contributed by atoms with Crippen molar-refractivity contribution in [2.45, 2.75) is 12.3 Å². The van der Waals surface area contributed by atoms with Crippen molar-refractivity contribution >= 4 is 28.9 Å². The van der Waals surface area contributed by atoms with Crippen LogP contribution in [0.2, 0.25) is 0 Å². The van der Waals surface area contributed by atoms with Crippen LogP contribution >= 0.6 is 23.1 Å². The second kappa shape index (κ2) is 11.0. The molecule has 0 bridgehead atoms. The van der Waals surface area contributed by atoms with Crippen molar-refractivity contribution in [2.75, 3.05) is 39.5 Å². The fraction of sp³-hybridized carbons (Fsp3) is 0.571. The van der Waals surface area contributed by atoms with Gasteiger partial charge in [0.15, 0.2) is 5.84 Å². The van der Waals surface area contributed by atoms with Gasteiger partial charge in [-0.25, -0.2) is 4.98 Å². The molecule has 1 aromatic heterocycles. The number of rotatable bonds is 10. The van der Waals surface area contributed by atoms with E-state index >= 15 is 0 Å². The van der Waals surface area contributed by atoms with Crippen molar-refractivity contribution in [3.8, 4) is 12.3 Å². The Balaban J connectivity index is 2.31. The fourth-order valence-electron chi connectivity index (χ4n) is 1.65. The molecule has 1 aromatic rings. The summed E-state index contributed by atoms with van der Waals surface area (Å²) in [5.74, 6) is 4.32. The predicted molar refractivity (Wildman–Crippen MR) is 96.7 cm³/mol. The summed E-state index contributed by atoms with van der Waals surface area (Å²) in [7, 11) is 4.03. The van der Waals surface area contributed by atoms with Gasteiger partial charge in [0, 0.05) is 28.4 Å². The molecule has 0 aliphatic heterocycles. The maximum atomic E-state index is 10.5. The number of nitro groups is 1. The molecule has 0 unspecified atom stereocenters. The summed E-state index contributed by atoms with van der Waals surface area (Å²) in [4.78, 5) is 21.0. The number of thioether (sulfide) groups is 1. The Morgan fingerprint density at radius 1 is 1.65 bits per heavy atom.